The predicted octanol–water partition coefficient (Wildman–Crippen LogP) is 2.55. The number of nitrogens with one attached hydrogen (secondary N) is 1. The standard InChI is InChI=1S/C9H20N2/c1-5-6-7-8-10-11-9(2,3)4/h8,11H,5-7H2,1-4H3/b10-8+. The zero-order valence-electron chi connectivity index (χ0n) is 8.15. The SMILES string of the molecule is CCCC/C=N/NC(C)(C)C. The van der Waals surface area contributed by atoms with Gasteiger partial charge >= 0.3 is 0 Å². The molecule has 0 aromatic rings. The second-order valence-electron chi connectivity index (χ2n) is 3.82. The van der Waals surface area contributed by atoms with Crippen molar-refractivity contribution in [3.05, 3.63) is 0 Å². The maximum atomic E-state index is 4.11. The van der Waals surface area contributed by atoms with E-state index in [0.717, 1.165) is 6.42 Å². The Kier molecular flexibility index (Phi) is 4.92. The maximum Gasteiger partial charge on any atom is 0.0464 e. The minimum atomic E-state index is 0.0999. The van der Waals surface area contributed by atoms with Crippen LogP contribution in [-0.2, 0) is 0 Å². The summed E-state index contributed by atoms with van der Waals surface area (Å²) in [5, 5.41) is 4.11. The molecule has 0 amide bonds. The number of hydrazone groups is 1. The fourth-order valence-corrected chi connectivity index (χ4v) is 0.599. The topological polar surface area (TPSA) is 24.4 Å². The summed E-state index contributed by atoms with van der Waals surface area (Å²) in [4.78, 5) is 0. The van der Waals surface area contributed by atoms with Crippen molar-refractivity contribution in [2.75, 3.05) is 0 Å². The second kappa shape index (κ2) is 5.16. The predicted molar refractivity (Wildman–Crippen MR) is 50.9 cm³/mol. The van der Waals surface area contributed by atoms with Crippen molar-refractivity contribution in [1.82, 2.24) is 5.43 Å². The lowest BCUT2D eigenvalue weighted by Crippen LogP contribution is -2.31. The van der Waals surface area contributed by atoms with Crippen LogP contribution in [0.3, 0.4) is 0 Å². The first kappa shape index (κ1) is 10.5. The van der Waals surface area contributed by atoms with Crippen molar-refractivity contribution in [3.8, 4) is 0 Å². The zero-order chi connectivity index (χ0) is 8.74. The number of hydrogen-bond donors (Lipinski definition) is 1. The highest BCUT2D eigenvalue weighted by Gasteiger charge is 2.04. The molecular formula is C9H20N2. The van der Waals surface area contributed by atoms with E-state index in [1.165, 1.54) is 12.8 Å². The van der Waals surface area contributed by atoms with Crippen LogP contribution < -0.4 is 5.43 Å². The molecule has 2 heteroatoms. The van der Waals surface area contributed by atoms with Gasteiger partial charge in [-0.3, -0.25) is 0 Å². The van der Waals surface area contributed by atoms with E-state index in [2.05, 4.69) is 38.2 Å². The van der Waals surface area contributed by atoms with E-state index < -0.39 is 0 Å². The normalized spacial score (nSPS) is 12.4. The van der Waals surface area contributed by atoms with Gasteiger partial charge in [0.1, 0.15) is 0 Å². The summed E-state index contributed by atoms with van der Waals surface area (Å²) in [6.45, 7) is 8.49. The Bertz CT molecular complexity index is 111. The number of hydrogen-bond acceptors (Lipinski definition) is 2. The van der Waals surface area contributed by atoms with Crippen LogP contribution in [0.1, 0.15) is 47.0 Å². The number of rotatable bonds is 4. The first-order valence-corrected chi connectivity index (χ1v) is 4.35. The highest BCUT2D eigenvalue weighted by Crippen LogP contribution is 1.97. The van der Waals surface area contributed by atoms with Crippen molar-refractivity contribution in [3.63, 3.8) is 0 Å². The summed E-state index contributed by atoms with van der Waals surface area (Å²) in [6.07, 6.45) is 5.51. The molecule has 0 aliphatic carbocycles. The Hall–Kier alpha value is -0.530. The van der Waals surface area contributed by atoms with E-state index in [0.29, 0.717) is 0 Å². The third-order valence-corrected chi connectivity index (χ3v) is 1.18. The van der Waals surface area contributed by atoms with Gasteiger partial charge in [0.2, 0.25) is 0 Å². The van der Waals surface area contributed by atoms with Gasteiger partial charge in [0, 0.05) is 11.8 Å². The summed E-state index contributed by atoms with van der Waals surface area (Å²) in [5.41, 5.74) is 3.15. The van der Waals surface area contributed by atoms with Gasteiger partial charge < -0.3 is 5.43 Å². The monoisotopic (exact) mass is 156 g/mol. The molecule has 0 aliphatic rings. The first-order valence-electron chi connectivity index (χ1n) is 4.35. The minimum Gasteiger partial charge on any atom is -0.305 e. The molecule has 11 heavy (non-hydrogen) atoms. The molecule has 1 N–H and O–H groups in total. The van der Waals surface area contributed by atoms with Gasteiger partial charge in [0.15, 0.2) is 0 Å². The molecule has 0 aromatic carbocycles. The van der Waals surface area contributed by atoms with E-state index in [-0.39, 0.29) is 5.54 Å². The lowest BCUT2D eigenvalue weighted by Gasteiger charge is -2.16. The number of unbranched alkanes of at least 4 members (excludes halogenated alkanes) is 2. The molecule has 66 valence electrons. The average molecular weight is 156 g/mol. The Balaban J connectivity index is 3.30. The van der Waals surface area contributed by atoms with Gasteiger partial charge in [-0.1, -0.05) is 13.3 Å². The van der Waals surface area contributed by atoms with Crippen LogP contribution in [0.4, 0.5) is 0 Å². The summed E-state index contributed by atoms with van der Waals surface area (Å²) in [6, 6.07) is 0. The van der Waals surface area contributed by atoms with Gasteiger partial charge in [-0.25, -0.2) is 0 Å². The van der Waals surface area contributed by atoms with Crippen LogP contribution in [0.25, 0.3) is 0 Å². The quantitative estimate of drug-likeness (QED) is 0.377. The van der Waals surface area contributed by atoms with Crippen LogP contribution >= 0.6 is 0 Å². The van der Waals surface area contributed by atoms with Crippen LogP contribution in [0, 0.1) is 0 Å². The van der Waals surface area contributed by atoms with E-state index in [4.69, 9.17) is 0 Å². The lowest BCUT2D eigenvalue weighted by molar-refractivity contribution is 0.441. The molecule has 0 radical (unpaired) electrons. The van der Waals surface area contributed by atoms with Crippen molar-refractivity contribution in [2.24, 2.45) is 5.10 Å². The third-order valence-electron chi connectivity index (χ3n) is 1.18. The van der Waals surface area contributed by atoms with Crippen molar-refractivity contribution in [2.45, 2.75) is 52.5 Å². The first-order chi connectivity index (χ1) is 5.06. The van der Waals surface area contributed by atoms with Gasteiger partial charge in [0.25, 0.3) is 0 Å². The summed E-state index contributed by atoms with van der Waals surface area (Å²) >= 11 is 0. The molecule has 0 spiro atoms. The molecule has 0 rings (SSSR count). The highest BCUT2D eigenvalue weighted by atomic mass is 15.3. The van der Waals surface area contributed by atoms with E-state index in [1.54, 1.807) is 0 Å². The fraction of sp³-hybridized carbons (Fsp3) is 0.889. The second-order valence-corrected chi connectivity index (χ2v) is 3.82. The molecular weight excluding hydrogens is 136 g/mol. The summed E-state index contributed by atoms with van der Waals surface area (Å²) in [7, 11) is 0. The van der Waals surface area contributed by atoms with Crippen molar-refractivity contribution in [1.29, 1.82) is 0 Å². The molecule has 0 saturated heterocycles. The molecule has 0 aliphatic heterocycles. The van der Waals surface area contributed by atoms with Crippen LogP contribution in [-0.4, -0.2) is 11.8 Å². The Labute approximate surface area is 70.1 Å². The highest BCUT2D eigenvalue weighted by molar-refractivity contribution is 5.56. The molecule has 0 atom stereocenters. The molecule has 0 bridgehead atoms. The minimum absolute atomic E-state index is 0.0999. The van der Waals surface area contributed by atoms with Crippen LogP contribution in [0.15, 0.2) is 5.10 Å². The summed E-state index contributed by atoms with van der Waals surface area (Å²) < 4.78 is 0. The smallest absolute Gasteiger partial charge is 0.0464 e. The van der Waals surface area contributed by atoms with Crippen molar-refractivity contribution < 1.29 is 0 Å². The largest absolute Gasteiger partial charge is 0.305 e. The van der Waals surface area contributed by atoms with E-state index >= 15 is 0 Å². The van der Waals surface area contributed by atoms with Crippen LogP contribution in [0.5, 0.6) is 0 Å². The molecule has 0 saturated carbocycles. The van der Waals surface area contributed by atoms with Crippen molar-refractivity contribution >= 4 is 6.21 Å². The molecule has 0 unspecified atom stereocenters. The summed E-state index contributed by atoms with van der Waals surface area (Å²) in [5.74, 6) is 0. The Morgan fingerprint density at radius 2 is 2.00 bits per heavy atom. The van der Waals surface area contributed by atoms with E-state index in [9.17, 15) is 0 Å². The Morgan fingerprint density at radius 1 is 1.36 bits per heavy atom. The Morgan fingerprint density at radius 3 is 2.45 bits per heavy atom. The van der Waals surface area contributed by atoms with Gasteiger partial charge in [-0.15, -0.1) is 0 Å². The van der Waals surface area contributed by atoms with Gasteiger partial charge in [-0.05, 0) is 33.6 Å². The fourth-order valence-electron chi connectivity index (χ4n) is 0.599. The van der Waals surface area contributed by atoms with Gasteiger partial charge in [0.05, 0.1) is 0 Å². The maximum absolute atomic E-state index is 4.11. The van der Waals surface area contributed by atoms with Gasteiger partial charge in [-0.2, -0.15) is 5.10 Å². The molecule has 0 fully saturated rings. The van der Waals surface area contributed by atoms with E-state index in [1.807, 2.05) is 6.21 Å². The number of nitrogens with zero attached hydrogens (tertiary/aromatic N) is 1. The third kappa shape index (κ3) is 9.47. The van der Waals surface area contributed by atoms with Crippen LogP contribution in [0.2, 0.25) is 0 Å². The zero-order valence-corrected chi connectivity index (χ0v) is 8.15. The lowest BCUT2D eigenvalue weighted by atomic mass is 10.1. The molecule has 0 aromatic heterocycles. The average Bonchev–Trinajstić information content (AvgIpc) is 1.85. The molecule has 0 heterocycles. The molecule has 2 nitrogen and oxygen atoms in total.